The zero-order chi connectivity index (χ0) is 20.4. The van der Waals surface area contributed by atoms with Crippen LogP contribution < -0.4 is 5.73 Å². The van der Waals surface area contributed by atoms with Crippen LogP contribution in [0.2, 0.25) is 0 Å². The highest BCUT2D eigenvalue weighted by Gasteiger charge is 2.25. The number of carbonyl (C=O) groups is 1. The molecule has 0 fully saturated rings. The summed E-state index contributed by atoms with van der Waals surface area (Å²) >= 11 is 1.57. The molecule has 0 saturated carbocycles. The Bertz CT molecular complexity index is 1080. The number of benzene rings is 1. The van der Waals surface area contributed by atoms with Gasteiger partial charge in [-0.15, -0.1) is 11.3 Å². The van der Waals surface area contributed by atoms with E-state index in [2.05, 4.69) is 22.1 Å². The molecule has 3 aromatic rings. The summed E-state index contributed by atoms with van der Waals surface area (Å²) in [4.78, 5) is 21.8. The Morgan fingerprint density at radius 2 is 2.28 bits per heavy atom. The number of hydrogen-bond donors (Lipinski definition) is 3. The van der Waals surface area contributed by atoms with Crippen LogP contribution in [-0.2, 0) is 0 Å². The fourth-order valence-electron chi connectivity index (χ4n) is 3.96. The number of allylic oxidation sites excluding steroid dienone is 1. The molecule has 0 saturated heterocycles. The lowest BCUT2D eigenvalue weighted by Crippen LogP contribution is -2.39. The van der Waals surface area contributed by atoms with Gasteiger partial charge in [0.1, 0.15) is 5.84 Å². The first kappa shape index (κ1) is 19.3. The van der Waals surface area contributed by atoms with Crippen molar-refractivity contribution in [3.05, 3.63) is 58.4 Å². The van der Waals surface area contributed by atoms with E-state index in [1.54, 1.807) is 11.3 Å². The molecule has 150 valence electrons. The maximum Gasteiger partial charge on any atom is 0.407 e. The van der Waals surface area contributed by atoms with Gasteiger partial charge in [-0.05, 0) is 61.4 Å². The van der Waals surface area contributed by atoms with Crippen molar-refractivity contribution in [2.24, 2.45) is 10.7 Å². The van der Waals surface area contributed by atoms with Crippen LogP contribution in [-0.4, -0.2) is 39.5 Å². The van der Waals surface area contributed by atoms with Gasteiger partial charge in [-0.1, -0.05) is 12.1 Å². The molecule has 1 amide bonds. The van der Waals surface area contributed by atoms with E-state index in [0.29, 0.717) is 12.4 Å². The van der Waals surface area contributed by atoms with Crippen LogP contribution in [0.1, 0.15) is 36.6 Å². The van der Waals surface area contributed by atoms with E-state index in [4.69, 9.17) is 5.73 Å². The summed E-state index contributed by atoms with van der Waals surface area (Å²) in [6, 6.07) is 10.0. The minimum absolute atomic E-state index is 0.0530. The van der Waals surface area contributed by atoms with E-state index < -0.39 is 6.09 Å². The smallest absolute Gasteiger partial charge is 0.407 e. The van der Waals surface area contributed by atoms with Crippen LogP contribution >= 0.6 is 11.3 Å². The second kappa shape index (κ2) is 8.13. The molecule has 29 heavy (non-hydrogen) atoms. The number of amides is 1. The number of nitrogens with two attached hydrogens (primary N) is 1. The summed E-state index contributed by atoms with van der Waals surface area (Å²) in [5.74, 6) is 0.518. The highest BCUT2D eigenvalue weighted by Crippen LogP contribution is 2.35. The topological polar surface area (TPSA) is 94.7 Å². The highest BCUT2D eigenvalue weighted by molar-refractivity contribution is 7.12. The molecule has 0 aliphatic heterocycles. The molecular weight excluding hydrogens is 384 g/mol. The first-order valence-electron chi connectivity index (χ1n) is 9.75. The van der Waals surface area contributed by atoms with Crippen LogP contribution in [0.4, 0.5) is 10.5 Å². The van der Waals surface area contributed by atoms with Gasteiger partial charge < -0.3 is 20.7 Å². The zero-order valence-corrected chi connectivity index (χ0v) is 17.1. The summed E-state index contributed by atoms with van der Waals surface area (Å²) in [6.07, 6.45) is 5.80. The fraction of sp³-hybridized carbons (Fsp3) is 0.273. The number of rotatable bonds is 5. The molecule has 0 spiro atoms. The minimum atomic E-state index is -0.840. The molecule has 6 nitrogen and oxygen atoms in total. The Hall–Kier alpha value is -3.06. The SMILES string of the molecule is CCN(C(=O)O)C1CC=C(c2c[nH]c3ccc(N=C(N)c4cccs4)cc23)CC1. The average molecular weight is 409 g/mol. The number of H-pyrrole nitrogens is 1. The first-order chi connectivity index (χ1) is 14.1. The quantitative estimate of drug-likeness (QED) is 0.400. The lowest BCUT2D eigenvalue weighted by molar-refractivity contribution is 0.124. The number of aliphatic imine (C=N–C) groups is 1. The molecule has 7 heteroatoms. The first-order valence-corrected chi connectivity index (χ1v) is 10.6. The molecule has 0 bridgehead atoms. The number of nitrogens with one attached hydrogen (secondary N) is 1. The molecule has 2 heterocycles. The number of aromatic nitrogens is 1. The Morgan fingerprint density at radius 1 is 1.41 bits per heavy atom. The normalized spacial score (nSPS) is 17.3. The van der Waals surface area contributed by atoms with Crippen LogP contribution in [0.25, 0.3) is 16.5 Å². The summed E-state index contributed by atoms with van der Waals surface area (Å²) in [7, 11) is 0. The molecule has 4 rings (SSSR count). The van der Waals surface area contributed by atoms with Gasteiger partial charge >= 0.3 is 6.09 Å². The maximum absolute atomic E-state index is 11.4. The van der Waals surface area contributed by atoms with Gasteiger partial charge in [0.15, 0.2) is 0 Å². The maximum atomic E-state index is 11.4. The fourth-order valence-corrected chi connectivity index (χ4v) is 4.59. The van der Waals surface area contributed by atoms with Crippen molar-refractivity contribution in [2.45, 2.75) is 32.2 Å². The molecule has 1 atom stereocenters. The van der Waals surface area contributed by atoms with E-state index in [1.807, 2.05) is 42.8 Å². The molecule has 1 unspecified atom stereocenters. The van der Waals surface area contributed by atoms with Crippen molar-refractivity contribution >= 4 is 45.4 Å². The Labute approximate surface area is 173 Å². The summed E-state index contributed by atoms with van der Waals surface area (Å²) < 4.78 is 0. The number of hydrogen-bond acceptors (Lipinski definition) is 3. The highest BCUT2D eigenvalue weighted by atomic mass is 32.1. The Kier molecular flexibility index (Phi) is 5.40. The lowest BCUT2D eigenvalue weighted by Gasteiger charge is -2.30. The van der Waals surface area contributed by atoms with Crippen molar-refractivity contribution in [3.63, 3.8) is 0 Å². The average Bonchev–Trinajstić information content (AvgIpc) is 3.39. The predicted molar refractivity (Wildman–Crippen MR) is 119 cm³/mol. The zero-order valence-electron chi connectivity index (χ0n) is 16.3. The number of carboxylic acid groups (broad SMARTS) is 1. The third kappa shape index (κ3) is 3.91. The monoisotopic (exact) mass is 408 g/mol. The van der Waals surface area contributed by atoms with Gasteiger partial charge in [0, 0.05) is 35.2 Å². The standard InChI is InChI=1S/C22H24N4O2S/c1-2-26(22(27)28)16-8-5-14(6-9-16)18-13-24-19-10-7-15(12-17(18)19)25-21(23)20-4-3-11-29-20/h3-5,7,10-13,16,24H,2,6,8-9H2,1H3,(H2,23,25)(H,27,28). The van der Waals surface area contributed by atoms with E-state index in [1.165, 1.54) is 10.5 Å². The molecule has 0 radical (unpaired) electrons. The van der Waals surface area contributed by atoms with E-state index in [9.17, 15) is 9.90 Å². The van der Waals surface area contributed by atoms with E-state index >= 15 is 0 Å². The molecule has 4 N–H and O–H groups in total. The van der Waals surface area contributed by atoms with Crippen LogP contribution in [0, 0.1) is 0 Å². The van der Waals surface area contributed by atoms with E-state index in [0.717, 1.165) is 46.3 Å². The Morgan fingerprint density at radius 3 is 2.93 bits per heavy atom. The van der Waals surface area contributed by atoms with Crippen molar-refractivity contribution in [1.29, 1.82) is 0 Å². The molecule has 1 aromatic carbocycles. The van der Waals surface area contributed by atoms with Crippen LogP contribution in [0.15, 0.2) is 53.0 Å². The minimum Gasteiger partial charge on any atom is -0.465 e. The molecule has 1 aliphatic carbocycles. The van der Waals surface area contributed by atoms with Gasteiger partial charge in [-0.3, -0.25) is 0 Å². The molecule has 1 aliphatic rings. The largest absolute Gasteiger partial charge is 0.465 e. The number of aromatic amines is 1. The second-order valence-electron chi connectivity index (χ2n) is 7.13. The van der Waals surface area contributed by atoms with Crippen molar-refractivity contribution < 1.29 is 9.90 Å². The van der Waals surface area contributed by atoms with Crippen LogP contribution in [0.3, 0.4) is 0 Å². The van der Waals surface area contributed by atoms with Gasteiger partial charge in [-0.25, -0.2) is 9.79 Å². The van der Waals surface area contributed by atoms with Crippen molar-refractivity contribution in [1.82, 2.24) is 9.88 Å². The summed E-state index contributed by atoms with van der Waals surface area (Å²) in [6.45, 7) is 2.40. The number of thiophene rings is 1. The van der Waals surface area contributed by atoms with Crippen LogP contribution in [0.5, 0.6) is 0 Å². The second-order valence-corrected chi connectivity index (χ2v) is 8.08. The lowest BCUT2D eigenvalue weighted by atomic mass is 9.90. The van der Waals surface area contributed by atoms with Gasteiger partial charge in [0.2, 0.25) is 0 Å². The molecule has 2 aromatic heterocycles. The number of amidine groups is 1. The summed E-state index contributed by atoms with van der Waals surface area (Å²) in [5, 5.41) is 12.5. The third-order valence-corrected chi connectivity index (χ3v) is 6.34. The third-order valence-electron chi connectivity index (χ3n) is 5.44. The van der Waals surface area contributed by atoms with Crippen molar-refractivity contribution in [3.8, 4) is 0 Å². The predicted octanol–water partition coefficient (Wildman–Crippen LogP) is 5.20. The van der Waals surface area contributed by atoms with Crippen molar-refractivity contribution in [2.75, 3.05) is 6.54 Å². The number of nitrogens with zero attached hydrogens (tertiary/aromatic N) is 2. The van der Waals surface area contributed by atoms with Gasteiger partial charge in [0.25, 0.3) is 0 Å². The number of fused-ring (bicyclic) bond motifs is 1. The Balaban J connectivity index is 1.61. The van der Waals surface area contributed by atoms with Gasteiger partial charge in [0.05, 0.1) is 10.6 Å². The summed E-state index contributed by atoms with van der Waals surface area (Å²) in [5.41, 5.74) is 10.4. The molecular formula is C22H24N4O2S. The van der Waals surface area contributed by atoms with Gasteiger partial charge in [-0.2, -0.15) is 0 Å². The van der Waals surface area contributed by atoms with E-state index in [-0.39, 0.29) is 6.04 Å².